The van der Waals surface area contributed by atoms with Crippen molar-refractivity contribution < 1.29 is 8.42 Å². The molecule has 0 spiro atoms. The van der Waals surface area contributed by atoms with E-state index in [2.05, 4.69) is 20.3 Å². The molecule has 1 aliphatic rings. The van der Waals surface area contributed by atoms with Crippen molar-refractivity contribution in [3.05, 3.63) is 43.0 Å². The minimum atomic E-state index is -3.44. The van der Waals surface area contributed by atoms with Crippen LogP contribution >= 0.6 is 0 Å². The van der Waals surface area contributed by atoms with Gasteiger partial charge >= 0.3 is 0 Å². The highest BCUT2D eigenvalue weighted by Gasteiger charge is 2.37. The third-order valence-corrected chi connectivity index (χ3v) is 4.83. The quantitative estimate of drug-likeness (QED) is 0.875. The van der Waals surface area contributed by atoms with E-state index in [1.54, 1.807) is 36.8 Å². The molecule has 3 heterocycles. The summed E-state index contributed by atoms with van der Waals surface area (Å²) in [7, 11) is -3.44. The predicted octanol–water partition coefficient (Wildman–Crippen LogP) is 0.357. The summed E-state index contributed by atoms with van der Waals surface area (Å²) < 4.78 is 25.9. The van der Waals surface area contributed by atoms with Crippen molar-refractivity contribution in [2.45, 2.75) is 10.9 Å². The Hall–Kier alpha value is -2.06. The summed E-state index contributed by atoms with van der Waals surface area (Å²) in [5.41, 5.74) is 0. The van der Waals surface area contributed by atoms with Gasteiger partial charge in [-0.2, -0.15) is 4.31 Å². The number of pyridine rings is 1. The lowest BCUT2D eigenvalue weighted by molar-refractivity contribution is 0.280. The number of sulfonamides is 1. The van der Waals surface area contributed by atoms with Gasteiger partial charge in [-0.3, -0.25) is 4.98 Å². The summed E-state index contributed by atoms with van der Waals surface area (Å²) in [6.07, 6.45) is 6.18. The van der Waals surface area contributed by atoms with E-state index in [9.17, 15) is 8.42 Å². The SMILES string of the molecule is O=S(=O)(c1cccnc1)N1CC(Nc2ncccn2)C1. The fourth-order valence-electron chi connectivity index (χ4n) is 1.93. The monoisotopic (exact) mass is 291 g/mol. The van der Waals surface area contributed by atoms with Gasteiger partial charge < -0.3 is 5.32 Å². The first kappa shape index (κ1) is 12.9. The van der Waals surface area contributed by atoms with Crippen molar-refractivity contribution in [2.75, 3.05) is 18.4 Å². The van der Waals surface area contributed by atoms with Gasteiger partial charge in [0.25, 0.3) is 0 Å². The molecule has 0 unspecified atom stereocenters. The van der Waals surface area contributed by atoms with Gasteiger partial charge in [0, 0.05) is 37.9 Å². The van der Waals surface area contributed by atoms with Crippen LogP contribution in [-0.4, -0.2) is 46.8 Å². The molecule has 1 aliphatic heterocycles. The maximum atomic E-state index is 12.2. The van der Waals surface area contributed by atoms with Gasteiger partial charge in [-0.1, -0.05) is 0 Å². The zero-order valence-electron chi connectivity index (χ0n) is 10.5. The first-order valence-corrected chi connectivity index (χ1v) is 7.54. The van der Waals surface area contributed by atoms with Crippen LogP contribution in [0.1, 0.15) is 0 Å². The fraction of sp³-hybridized carbons (Fsp3) is 0.250. The van der Waals surface area contributed by atoms with E-state index in [1.807, 2.05) is 0 Å². The maximum absolute atomic E-state index is 12.2. The minimum Gasteiger partial charge on any atom is -0.349 e. The predicted molar refractivity (Wildman–Crippen MR) is 72.4 cm³/mol. The van der Waals surface area contributed by atoms with Crippen LogP contribution in [0.15, 0.2) is 47.9 Å². The summed E-state index contributed by atoms with van der Waals surface area (Å²) >= 11 is 0. The fourth-order valence-corrected chi connectivity index (χ4v) is 3.43. The number of anilines is 1. The lowest BCUT2D eigenvalue weighted by atomic mass is 10.2. The molecule has 0 atom stereocenters. The van der Waals surface area contributed by atoms with Crippen molar-refractivity contribution >= 4 is 16.0 Å². The summed E-state index contributed by atoms with van der Waals surface area (Å²) in [4.78, 5) is 12.1. The molecule has 1 fully saturated rings. The van der Waals surface area contributed by atoms with Crippen molar-refractivity contribution in [2.24, 2.45) is 0 Å². The standard InChI is InChI=1S/C12H13N5O2S/c18-20(19,11-3-1-4-13-7-11)17-8-10(9-17)16-12-14-5-2-6-15-12/h1-7,10H,8-9H2,(H,14,15,16). The average molecular weight is 291 g/mol. The van der Waals surface area contributed by atoms with E-state index in [1.165, 1.54) is 10.5 Å². The van der Waals surface area contributed by atoms with Crippen LogP contribution in [0.4, 0.5) is 5.95 Å². The topological polar surface area (TPSA) is 88.1 Å². The van der Waals surface area contributed by atoms with Gasteiger partial charge in [-0.25, -0.2) is 18.4 Å². The second kappa shape index (κ2) is 5.14. The van der Waals surface area contributed by atoms with E-state index >= 15 is 0 Å². The van der Waals surface area contributed by atoms with Gasteiger partial charge in [-0.05, 0) is 18.2 Å². The largest absolute Gasteiger partial charge is 0.349 e. The lowest BCUT2D eigenvalue weighted by Gasteiger charge is -2.38. The summed E-state index contributed by atoms with van der Waals surface area (Å²) in [5.74, 6) is 0.510. The lowest BCUT2D eigenvalue weighted by Crippen LogP contribution is -2.56. The molecule has 1 saturated heterocycles. The third-order valence-electron chi connectivity index (χ3n) is 3.02. The summed E-state index contributed by atoms with van der Waals surface area (Å²) in [5, 5.41) is 3.09. The molecule has 0 aliphatic carbocycles. The van der Waals surface area contributed by atoms with Crippen LogP contribution in [0, 0.1) is 0 Å². The number of rotatable bonds is 4. The van der Waals surface area contributed by atoms with Crippen molar-refractivity contribution in [1.82, 2.24) is 19.3 Å². The number of hydrogen-bond donors (Lipinski definition) is 1. The molecule has 2 aromatic heterocycles. The molecule has 20 heavy (non-hydrogen) atoms. The van der Waals surface area contributed by atoms with Gasteiger partial charge in [-0.15, -0.1) is 0 Å². The van der Waals surface area contributed by atoms with Gasteiger partial charge in [0.15, 0.2) is 0 Å². The minimum absolute atomic E-state index is 0.0313. The van der Waals surface area contributed by atoms with Crippen LogP contribution in [0.5, 0.6) is 0 Å². The molecule has 0 aromatic carbocycles. The normalized spacial score (nSPS) is 16.6. The zero-order valence-corrected chi connectivity index (χ0v) is 11.4. The van der Waals surface area contributed by atoms with Crippen molar-refractivity contribution in [3.8, 4) is 0 Å². The van der Waals surface area contributed by atoms with E-state index in [4.69, 9.17) is 0 Å². The highest BCUT2D eigenvalue weighted by Crippen LogP contribution is 2.21. The Kier molecular flexibility index (Phi) is 3.33. The Balaban J connectivity index is 1.63. The molecule has 7 nitrogen and oxygen atoms in total. The van der Waals surface area contributed by atoms with E-state index in [-0.39, 0.29) is 10.9 Å². The van der Waals surface area contributed by atoms with Crippen LogP contribution < -0.4 is 5.32 Å². The first-order chi connectivity index (χ1) is 9.66. The van der Waals surface area contributed by atoms with Crippen LogP contribution in [0.2, 0.25) is 0 Å². The highest BCUT2D eigenvalue weighted by atomic mass is 32.2. The molecule has 1 N–H and O–H groups in total. The zero-order chi connectivity index (χ0) is 14.0. The summed E-state index contributed by atoms with van der Waals surface area (Å²) in [6.45, 7) is 0.797. The van der Waals surface area contributed by atoms with Crippen LogP contribution in [-0.2, 0) is 10.0 Å². The number of nitrogens with one attached hydrogen (secondary N) is 1. The molecular weight excluding hydrogens is 278 g/mol. The van der Waals surface area contributed by atoms with E-state index < -0.39 is 10.0 Å². The highest BCUT2D eigenvalue weighted by molar-refractivity contribution is 7.89. The van der Waals surface area contributed by atoms with Gasteiger partial charge in [0.05, 0.1) is 6.04 Å². The molecule has 8 heteroatoms. The van der Waals surface area contributed by atoms with Gasteiger partial charge in [0.2, 0.25) is 16.0 Å². The van der Waals surface area contributed by atoms with Crippen LogP contribution in [0.3, 0.4) is 0 Å². The molecule has 0 amide bonds. The Morgan fingerprint density at radius 1 is 1.15 bits per heavy atom. The average Bonchev–Trinajstić information content (AvgIpc) is 2.44. The molecule has 2 aromatic rings. The molecule has 3 rings (SSSR count). The van der Waals surface area contributed by atoms with Crippen molar-refractivity contribution in [1.29, 1.82) is 0 Å². The Bertz CT molecular complexity index is 672. The molecule has 0 radical (unpaired) electrons. The Morgan fingerprint density at radius 3 is 2.55 bits per heavy atom. The molecule has 104 valence electrons. The number of nitrogens with zero attached hydrogens (tertiary/aromatic N) is 4. The molecule has 0 bridgehead atoms. The second-order valence-corrected chi connectivity index (χ2v) is 6.36. The van der Waals surface area contributed by atoms with Crippen molar-refractivity contribution in [3.63, 3.8) is 0 Å². The Labute approximate surface area is 116 Å². The second-order valence-electron chi connectivity index (χ2n) is 4.42. The first-order valence-electron chi connectivity index (χ1n) is 6.10. The smallest absolute Gasteiger partial charge is 0.244 e. The van der Waals surface area contributed by atoms with Gasteiger partial charge in [0.1, 0.15) is 4.90 Å². The molecular formula is C12H13N5O2S. The summed E-state index contributed by atoms with van der Waals surface area (Å²) in [6, 6.07) is 4.91. The van der Waals surface area contributed by atoms with E-state index in [0.29, 0.717) is 19.0 Å². The number of hydrogen-bond acceptors (Lipinski definition) is 6. The third kappa shape index (κ3) is 2.47. The maximum Gasteiger partial charge on any atom is 0.244 e. The van der Waals surface area contributed by atoms with Crippen LogP contribution in [0.25, 0.3) is 0 Å². The Morgan fingerprint density at radius 2 is 1.90 bits per heavy atom. The van der Waals surface area contributed by atoms with E-state index in [0.717, 1.165) is 0 Å². The number of aromatic nitrogens is 3. The molecule has 0 saturated carbocycles.